The fourth-order valence-electron chi connectivity index (χ4n) is 1.50. The van der Waals surface area contributed by atoms with Crippen LogP contribution < -0.4 is 4.74 Å². The molecule has 2 rings (SSSR count). The van der Waals surface area contributed by atoms with Gasteiger partial charge in [0.15, 0.2) is 0 Å². The first-order valence-corrected chi connectivity index (χ1v) is 6.13. The number of hydrogen-bond acceptors (Lipinski definition) is 3. The van der Waals surface area contributed by atoms with Gasteiger partial charge in [-0.2, -0.15) is 0 Å². The minimum atomic E-state index is -1.11. The molecular weight excluding hydrogens is 291 g/mol. The molecule has 0 radical (unpaired) electrons. The molecule has 1 heterocycles. The largest absolute Gasteiger partial charge is 0.489 e. The van der Waals surface area contributed by atoms with Gasteiger partial charge in [-0.25, -0.2) is 4.79 Å². The Morgan fingerprint density at radius 1 is 1.32 bits per heavy atom. The summed E-state index contributed by atoms with van der Waals surface area (Å²) in [6.45, 7) is 1.88. The van der Waals surface area contributed by atoms with Gasteiger partial charge in [0.2, 0.25) is 5.76 Å². The molecule has 0 fully saturated rings. The smallest absolute Gasteiger partial charge is 0.371 e. The molecule has 100 valence electrons. The molecule has 2 aromatic rings. The Balaban J connectivity index is 2.09. The summed E-state index contributed by atoms with van der Waals surface area (Å²) in [6, 6.07) is 6.35. The summed E-state index contributed by atoms with van der Waals surface area (Å²) in [6.07, 6.45) is 0. The molecular formula is C13H10Cl2O4. The maximum Gasteiger partial charge on any atom is 0.371 e. The Morgan fingerprint density at radius 3 is 2.63 bits per heavy atom. The van der Waals surface area contributed by atoms with Gasteiger partial charge in [-0.15, -0.1) is 0 Å². The van der Waals surface area contributed by atoms with Gasteiger partial charge in [-0.3, -0.25) is 0 Å². The van der Waals surface area contributed by atoms with Gasteiger partial charge in [0.05, 0.1) is 10.0 Å². The highest BCUT2D eigenvalue weighted by Gasteiger charge is 2.13. The van der Waals surface area contributed by atoms with E-state index in [1.807, 2.05) is 0 Å². The summed E-state index contributed by atoms with van der Waals surface area (Å²) in [7, 11) is 0. The van der Waals surface area contributed by atoms with Gasteiger partial charge in [0, 0.05) is 11.6 Å². The standard InChI is InChI=1S/C13H10Cl2O4/c1-7-8(4-12(19-7)13(16)17)6-18-9-2-3-10(14)11(15)5-9/h2-5H,6H2,1H3,(H,16,17). The molecule has 1 N–H and O–H groups in total. The summed E-state index contributed by atoms with van der Waals surface area (Å²) in [5.41, 5.74) is 0.670. The monoisotopic (exact) mass is 300 g/mol. The van der Waals surface area contributed by atoms with Crippen molar-refractivity contribution in [2.75, 3.05) is 0 Å². The SMILES string of the molecule is Cc1oc(C(=O)O)cc1COc1ccc(Cl)c(Cl)c1. The van der Waals surface area contributed by atoms with E-state index < -0.39 is 5.97 Å². The molecule has 4 nitrogen and oxygen atoms in total. The normalized spacial score (nSPS) is 10.5. The van der Waals surface area contributed by atoms with Gasteiger partial charge in [0.1, 0.15) is 18.1 Å². The van der Waals surface area contributed by atoms with E-state index in [-0.39, 0.29) is 12.4 Å². The molecule has 6 heteroatoms. The minimum absolute atomic E-state index is 0.106. The van der Waals surface area contributed by atoms with Gasteiger partial charge < -0.3 is 14.3 Å². The molecule has 0 saturated carbocycles. The Kier molecular flexibility index (Phi) is 4.02. The van der Waals surface area contributed by atoms with Crippen molar-refractivity contribution in [2.45, 2.75) is 13.5 Å². The van der Waals surface area contributed by atoms with Gasteiger partial charge in [-0.1, -0.05) is 23.2 Å². The van der Waals surface area contributed by atoms with Crippen molar-refractivity contribution >= 4 is 29.2 Å². The van der Waals surface area contributed by atoms with Crippen LogP contribution in [0.15, 0.2) is 28.7 Å². The Bertz CT molecular complexity index is 619. The van der Waals surface area contributed by atoms with E-state index in [0.717, 1.165) is 0 Å². The van der Waals surface area contributed by atoms with Crippen molar-refractivity contribution in [3.05, 3.63) is 51.4 Å². The number of rotatable bonds is 4. The molecule has 0 amide bonds. The molecule has 1 aromatic carbocycles. The third-order valence-corrected chi connectivity index (χ3v) is 3.26. The molecule has 0 unspecified atom stereocenters. The van der Waals surface area contributed by atoms with E-state index in [1.165, 1.54) is 6.07 Å². The predicted octanol–water partition coefficient (Wildman–Crippen LogP) is 4.17. The lowest BCUT2D eigenvalue weighted by atomic mass is 10.2. The lowest BCUT2D eigenvalue weighted by Crippen LogP contribution is -1.96. The van der Waals surface area contributed by atoms with E-state index in [1.54, 1.807) is 25.1 Å². The third kappa shape index (κ3) is 3.22. The second kappa shape index (κ2) is 5.55. The highest BCUT2D eigenvalue weighted by Crippen LogP contribution is 2.27. The van der Waals surface area contributed by atoms with Crippen molar-refractivity contribution in [1.29, 1.82) is 0 Å². The number of aromatic carboxylic acids is 1. The number of aryl methyl sites for hydroxylation is 1. The molecule has 0 atom stereocenters. The van der Waals surface area contributed by atoms with Crippen LogP contribution in [-0.2, 0) is 6.61 Å². The minimum Gasteiger partial charge on any atom is -0.489 e. The number of furan rings is 1. The fraction of sp³-hybridized carbons (Fsp3) is 0.154. The maximum atomic E-state index is 10.8. The molecule has 0 bridgehead atoms. The number of carboxylic acid groups (broad SMARTS) is 1. The average molecular weight is 301 g/mol. The topological polar surface area (TPSA) is 59.7 Å². The van der Waals surface area contributed by atoms with Gasteiger partial charge >= 0.3 is 5.97 Å². The average Bonchev–Trinajstić information content (AvgIpc) is 2.73. The van der Waals surface area contributed by atoms with Crippen LogP contribution in [0.1, 0.15) is 21.9 Å². The molecule has 0 aliphatic rings. The van der Waals surface area contributed by atoms with Crippen LogP contribution in [-0.4, -0.2) is 11.1 Å². The van der Waals surface area contributed by atoms with Crippen LogP contribution in [0.4, 0.5) is 0 Å². The number of carbonyl (C=O) groups is 1. The Morgan fingerprint density at radius 2 is 2.05 bits per heavy atom. The van der Waals surface area contributed by atoms with Crippen molar-refractivity contribution in [3.8, 4) is 5.75 Å². The third-order valence-electron chi connectivity index (χ3n) is 2.52. The van der Waals surface area contributed by atoms with Crippen LogP contribution in [0, 0.1) is 6.92 Å². The molecule has 0 aliphatic heterocycles. The fourth-order valence-corrected chi connectivity index (χ4v) is 1.78. The van der Waals surface area contributed by atoms with Crippen LogP contribution >= 0.6 is 23.2 Å². The second-order valence-electron chi connectivity index (χ2n) is 3.86. The second-order valence-corrected chi connectivity index (χ2v) is 4.68. The summed E-state index contributed by atoms with van der Waals surface area (Å²) in [4.78, 5) is 10.8. The van der Waals surface area contributed by atoms with Crippen LogP contribution in [0.2, 0.25) is 10.0 Å². The van der Waals surface area contributed by atoms with Crippen molar-refractivity contribution in [3.63, 3.8) is 0 Å². The zero-order valence-corrected chi connectivity index (χ0v) is 11.5. The zero-order chi connectivity index (χ0) is 14.0. The maximum absolute atomic E-state index is 10.8. The van der Waals surface area contributed by atoms with E-state index in [2.05, 4.69) is 0 Å². The van der Waals surface area contributed by atoms with Crippen molar-refractivity contribution in [2.24, 2.45) is 0 Å². The highest BCUT2D eigenvalue weighted by molar-refractivity contribution is 6.42. The summed E-state index contributed by atoms with van der Waals surface area (Å²) in [5, 5.41) is 9.65. The number of ether oxygens (including phenoxy) is 1. The Labute approximate surface area is 119 Å². The van der Waals surface area contributed by atoms with Crippen LogP contribution in [0.5, 0.6) is 5.75 Å². The Hall–Kier alpha value is -1.65. The first-order chi connectivity index (χ1) is 8.97. The van der Waals surface area contributed by atoms with Crippen LogP contribution in [0.25, 0.3) is 0 Å². The van der Waals surface area contributed by atoms with Gasteiger partial charge in [0.25, 0.3) is 0 Å². The zero-order valence-electron chi connectivity index (χ0n) is 9.94. The van der Waals surface area contributed by atoms with Crippen molar-refractivity contribution < 1.29 is 19.1 Å². The van der Waals surface area contributed by atoms with E-state index in [9.17, 15) is 4.79 Å². The lowest BCUT2D eigenvalue weighted by molar-refractivity contribution is 0.0661. The molecule has 0 spiro atoms. The summed E-state index contributed by atoms with van der Waals surface area (Å²) in [5.74, 6) is -0.154. The van der Waals surface area contributed by atoms with Crippen molar-refractivity contribution in [1.82, 2.24) is 0 Å². The van der Waals surface area contributed by atoms with Gasteiger partial charge in [-0.05, 0) is 25.1 Å². The molecule has 1 aromatic heterocycles. The number of carboxylic acids is 1. The number of benzene rings is 1. The lowest BCUT2D eigenvalue weighted by Gasteiger charge is -2.06. The summed E-state index contributed by atoms with van der Waals surface area (Å²) >= 11 is 11.7. The first kappa shape index (κ1) is 13.8. The quantitative estimate of drug-likeness (QED) is 0.920. The number of halogens is 2. The number of hydrogen-bond donors (Lipinski definition) is 1. The first-order valence-electron chi connectivity index (χ1n) is 5.38. The molecule has 0 saturated heterocycles. The highest BCUT2D eigenvalue weighted by atomic mass is 35.5. The molecule has 19 heavy (non-hydrogen) atoms. The van der Waals surface area contributed by atoms with E-state index in [4.69, 9.17) is 37.5 Å². The van der Waals surface area contributed by atoms with E-state index >= 15 is 0 Å². The van der Waals surface area contributed by atoms with E-state index in [0.29, 0.717) is 27.1 Å². The predicted molar refractivity (Wildman–Crippen MR) is 71.2 cm³/mol. The van der Waals surface area contributed by atoms with Crippen LogP contribution in [0.3, 0.4) is 0 Å². The summed E-state index contributed by atoms with van der Waals surface area (Å²) < 4.78 is 10.6. The molecule has 0 aliphatic carbocycles.